The number of ether oxygens (including phenoxy) is 1. The van der Waals surface area contributed by atoms with Gasteiger partial charge < -0.3 is 15.4 Å². The number of nitrogens with zero attached hydrogens (tertiary/aromatic N) is 1. The third-order valence-corrected chi connectivity index (χ3v) is 7.53. The second-order valence-corrected chi connectivity index (χ2v) is 9.87. The van der Waals surface area contributed by atoms with Crippen LogP contribution in [0, 0.1) is 26.6 Å². The molecule has 0 saturated carbocycles. The van der Waals surface area contributed by atoms with Gasteiger partial charge in [0.2, 0.25) is 10.0 Å². The molecule has 2 amide bonds. The van der Waals surface area contributed by atoms with Crippen LogP contribution in [0.2, 0.25) is 0 Å². The molecule has 0 aromatic heterocycles. The Morgan fingerprint density at radius 2 is 1.67 bits per heavy atom. The molecule has 10 heteroatoms. The zero-order chi connectivity index (χ0) is 24.2. The first-order valence-electron chi connectivity index (χ1n) is 10.6. The Morgan fingerprint density at radius 3 is 2.30 bits per heavy atom. The first kappa shape index (κ1) is 24.8. The molecular formula is C23H28FN3O5S. The highest BCUT2D eigenvalue weighted by atomic mass is 32.2. The van der Waals surface area contributed by atoms with E-state index in [2.05, 4.69) is 10.6 Å². The number of nitrogens with one attached hydrogen (secondary N) is 2. The lowest BCUT2D eigenvalue weighted by Crippen LogP contribution is -2.53. The van der Waals surface area contributed by atoms with E-state index in [4.69, 9.17) is 4.74 Å². The smallest absolute Gasteiger partial charge is 0.309 e. The monoisotopic (exact) mass is 477 g/mol. The lowest BCUT2D eigenvalue weighted by molar-refractivity contribution is -0.140. The van der Waals surface area contributed by atoms with Gasteiger partial charge in [0, 0.05) is 13.1 Å². The highest BCUT2D eigenvalue weighted by Gasteiger charge is 2.36. The third kappa shape index (κ3) is 5.95. The first-order chi connectivity index (χ1) is 15.6. The molecule has 1 heterocycles. The summed E-state index contributed by atoms with van der Waals surface area (Å²) in [4.78, 5) is 24.6. The maximum atomic E-state index is 13.4. The second-order valence-electron chi connectivity index (χ2n) is 8.04. The minimum absolute atomic E-state index is 0.0545. The SMILES string of the molecule is Cc1cc(C)c(S(=O)(=O)N2CCCO[C@H]2CNC(=O)C(=O)NCc2ccc(F)cc2)c(C)c1. The molecule has 2 aromatic rings. The molecule has 1 fully saturated rings. The number of sulfonamides is 1. The maximum absolute atomic E-state index is 13.4. The molecule has 1 aliphatic rings. The number of hydrogen-bond donors (Lipinski definition) is 2. The summed E-state index contributed by atoms with van der Waals surface area (Å²) < 4.78 is 46.7. The van der Waals surface area contributed by atoms with E-state index in [9.17, 15) is 22.4 Å². The number of aryl methyl sites for hydroxylation is 3. The van der Waals surface area contributed by atoms with Crippen molar-refractivity contribution in [1.82, 2.24) is 14.9 Å². The molecule has 0 spiro atoms. The molecule has 2 N–H and O–H groups in total. The largest absolute Gasteiger partial charge is 0.360 e. The van der Waals surface area contributed by atoms with Crippen molar-refractivity contribution >= 4 is 21.8 Å². The van der Waals surface area contributed by atoms with Crippen molar-refractivity contribution in [2.45, 2.75) is 44.9 Å². The fraction of sp³-hybridized carbons (Fsp3) is 0.391. The molecule has 0 unspecified atom stereocenters. The van der Waals surface area contributed by atoms with E-state index in [1.54, 1.807) is 13.8 Å². The molecule has 1 atom stereocenters. The van der Waals surface area contributed by atoms with Crippen LogP contribution in [0.3, 0.4) is 0 Å². The molecule has 8 nitrogen and oxygen atoms in total. The van der Waals surface area contributed by atoms with Crippen molar-refractivity contribution in [3.8, 4) is 0 Å². The fourth-order valence-corrected chi connectivity index (χ4v) is 5.90. The Hall–Kier alpha value is -2.82. The topological polar surface area (TPSA) is 105 Å². The Labute approximate surface area is 193 Å². The molecule has 1 aliphatic heterocycles. The molecule has 178 valence electrons. The summed E-state index contributed by atoms with van der Waals surface area (Å²) in [6, 6.07) is 9.14. The Kier molecular flexibility index (Phi) is 7.83. The molecule has 3 rings (SSSR count). The molecule has 0 radical (unpaired) electrons. The number of amides is 2. The predicted octanol–water partition coefficient (Wildman–Crippen LogP) is 1.92. The lowest BCUT2D eigenvalue weighted by atomic mass is 10.1. The van der Waals surface area contributed by atoms with Gasteiger partial charge in [-0.15, -0.1) is 0 Å². The van der Waals surface area contributed by atoms with Gasteiger partial charge >= 0.3 is 11.8 Å². The molecule has 33 heavy (non-hydrogen) atoms. The lowest BCUT2D eigenvalue weighted by Gasteiger charge is -2.35. The van der Waals surface area contributed by atoms with Crippen molar-refractivity contribution < 1.29 is 27.1 Å². The summed E-state index contributed by atoms with van der Waals surface area (Å²) in [5, 5.41) is 4.89. The van der Waals surface area contributed by atoms with Crippen LogP contribution in [0.1, 0.15) is 28.7 Å². The summed E-state index contributed by atoms with van der Waals surface area (Å²) in [5.74, 6) is -2.19. The van der Waals surface area contributed by atoms with Gasteiger partial charge in [-0.1, -0.05) is 29.8 Å². The number of carbonyl (C=O) groups excluding carboxylic acids is 2. The summed E-state index contributed by atoms with van der Waals surface area (Å²) in [6.07, 6.45) is -0.413. The number of hydrogen-bond acceptors (Lipinski definition) is 5. The van der Waals surface area contributed by atoms with Crippen LogP contribution in [0.15, 0.2) is 41.3 Å². The average Bonchev–Trinajstić information content (AvgIpc) is 2.76. The Bertz CT molecular complexity index is 1110. The standard InChI is InChI=1S/C23H28FN3O5S/c1-15-11-16(2)21(17(3)12-15)33(30,31)27-9-4-10-32-20(27)14-26-23(29)22(28)25-13-18-5-7-19(24)8-6-18/h5-8,11-12,20H,4,9-10,13-14H2,1-3H3,(H,25,28)(H,26,29)/t20-/m0/s1. The van der Waals surface area contributed by atoms with Crippen molar-refractivity contribution in [2.24, 2.45) is 0 Å². The Balaban J connectivity index is 1.65. The van der Waals surface area contributed by atoms with E-state index in [1.165, 1.54) is 28.6 Å². The zero-order valence-corrected chi connectivity index (χ0v) is 19.7. The van der Waals surface area contributed by atoms with Gasteiger partial charge in [-0.2, -0.15) is 4.31 Å². The van der Waals surface area contributed by atoms with Gasteiger partial charge in [0.15, 0.2) is 0 Å². The molecule has 2 aromatic carbocycles. The van der Waals surface area contributed by atoms with Gasteiger partial charge in [0.25, 0.3) is 0 Å². The van der Waals surface area contributed by atoms with Crippen LogP contribution in [-0.2, 0) is 30.9 Å². The molecular weight excluding hydrogens is 449 g/mol. The Morgan fingerprint density at radius 1 is 1.06 bits per heavy atom. The summed E-state index contributed by atoms with van der Waals surface area (Å²) >= 11 is 0. The first-order valence-corrected chi connectivity index (χ1v) is 12.1. The van der Waals surface area contributed by atoms with Crippen LogP contribution in [0.25, 0.3) is 0 Å². The highest BCUT2D eigenvalue weighted by Crippen LogP contribution is 2.28. The van der Waals surface area contributed by atoms with Crippen LogP contribution < -0.4 is 10.6 Å². The van der Waals surface area contributed by atoms with E-state index >= 15 is 0 Å². The quantitative estimate of drug-likeness (QED) is 0.619. The third-order valence-electron chi connectivity index (χ3n) is 5.34. The fourth-order valence-electron chi connectivity index (χ4n) is 3.92. The number of benzene rings is 2. The number of carbonyl (C=O) groups is 2. The molecule has 1 saturated heterocycles. The average molecular weight is 478 g/mol. The van der Waals surface area contributed by atoms with E-state index in [-0.39, 0.29) is 24.5 Å². The zero-order valence-electron chi connectivity index (χ0n) is 18.9. The van der Waals surface area contributed by atoms with Crippen molar-refractivity contribution in [3.05, 3.63) is 64.5 Å². The minimum Gasteiger partial charge on any atom is -0.360 e. The normalized spacial score (nSPS) is 16.9. The van der Waals surface area contributed by atoms with Crippen molar-refractivity contribution in [3.63, 3.8) is 0 Å². The van der Waals surface area contributed by atoms with E-state index in [0.717, 1.165) is 5.56 Å². The van der Waals surface area contributed by atoms with E-state index in [1.807, 2.05) is 19.1 Å². The van der Waals surface area contributed by atoms with Crippen LogP contribution >= 0.6 is 0 Å². The van der Waals surface area contributed by atoms with Gasteiger partial charge in [0.05, 0.1) is 18.0 Å². The van der Waals surface area contributed by atoms with E-state index < -0.39 is 33.9 Å². The van der Waals surface area contributed by atoms with Gasteiger partial charge in [-0.3, -0.25) is 9.59 Å². The van der Waals surface area contributed by atoms with Crippen LogP contribution in [-0.4, -0.2) is 50.5 Å². The van der Waals surface area contributed by atoms with Crippen molar-refractivity contribution in [2.75, 3.05) is 19.7 Å². The summed E-state index contributed by atoms with van der Waals surface area (Å²) in [5.41, 5.74) is 2.88. The minimum atomic E-state index is -3.88. The van der Waals surface area contributed by atoms with E-state index in [0.29, 0.717) is 29.7 Å². The predicted molar refractivity (Wildman–Crippen MR) is 120 cm³/mol. The maximum Gasteiger partial charge on any atom is 0.309 e. The van der Waals surface area contributed by atoms with Crippen molar-refractivity contribution in [1.29, 1.82) is 0 Å². The van der Waals surface area contributed by atoms with Gasteiger partial charge in [0.1, 0.15) is 12.0 Å². The van der Waals surface area contributed by atoms with Gasteiger partial charge in [-0.25, -0.2) is 12.8 Å². The molecule has 0 bridgehead atoms. The number of halogens is 1. The second kappa shape index (κ2) is 10.4. The van der Waals surface area contributed by atoms with Crippen LogP contribution in [0.5, 0.6) is 0 Å². The highest BCUT2D eigenvalue weighted by molar-refractivity contribution is 7.89. The summed E-state index contributed by atoms with van der Waals surface area (Å²) in [6.45, 7) is 5.87. The summed E-state index contributed by atoms with van der Waals surface area (Å²) in [7, 11) is -3.88. The number of rotatable bonds is 6. The molecule has 0 aliphatic carbocycles. The van der Waals surface area contributed by atoms with Crippen LogP contribution in [0.4, 0.5) is 4.39 Å². The van der Waals surface area contributed by atoms with Gasteiger partial charge in [-0.05, 0) is 56.0 Å².